The molecule has 1 N–H and O–H groups in total. The molecule has 1 aliphatic rings. The monoisotopic (exact) mass is 433 g/mol. The van der Waals surface area contributed by atoms with Crippen LogP contribution < -0.4 is 19.1 Å². The largest absolute Gasteiger partial charge is 0.497 e. The van der Waals surface area contributed by atoms with E-state index in [1.165, 1.54) is 5.69 Å². The zero-order valence-corrected chi connectivity index (χ0v) is 18.5. The number of rotatable bonds is 10. The smallest absolute Gasteiger partial charge is 0.240 e. The molecule has 7 nitrogen and oxygen atoms in total. The summed E-state index contributed by atoms with van der Waals surface area (Å²) in [5, 5.41) is 0. The molecular weight excluding hydrogens is 402 g/mol. The minimum atomic E-state index is -3.49. The van der Waals surface area contributed by atoms with E-state index in [1.54, 1.807) is 31.4 Å². The van der Waals surface area contributed by atoms with Gasteiger partial charge in [-0.3, -0.25) is 4.90 Å². The van der Waals surface area contributed by atoms with E-state index in [0.717, 1.165) is 44.9 Å². The Labute approximate surface area is 179 Å². The van der Waals surface area contributed by atoms with Crippen LogP contribution in [0.1, 0.15) is 13.3 Å². The Morgan fingerprint density at radius 1 is 0.933 bits per heavy atom. The van der Waals surface area contributed by atoms with Crippen molar-refractivity contribution in [2.45, 2.75) is 18.2 Å². The summed E-state index contributed by atoms with van der Waals surface area (Å²) in [6.07, 6.45) is 0.777. The quantitative estimate of drug-likeness (QED) is 0.581. The van der Waals surface area contributed by atoms with Crippen molar-refractivity contribution >= 4 is 15.7 Å². The molecule has 8 heteroatoms. The number of hydrogen-bond donors (Lipinski definition) is 1. The standard InChI is InChI=1S/C22H31N3O4S/c1-3-29-21-9-11-22(12-10-21)30(26,27)23-13-4-14-24-15-17-25(18-16-24)19-5-7-20(28-2)8-6-19/h5-12,23H,3-4,13-18H2,1-2H3. The maximum absolute atomic E-state index is 12.4. The van der Waals surface area contributed by atoms with Crippen molar-refractivity contribution in [3.63, 3.8) is 0 Å². The Balaban J connectivity index is 1.38. The molecule has 2 aromatic carbocycles. The Kier molecular flexibility index (Phi) is 7.95. The molecule has 0 amide bonds. The van der Waals surface area contributed by atoms with Gasteiger partial charge in [0, 0.05) is 38.4 Å². The number of ether oxygens (including phenoxy) is 2. The molecule has 164 valence electrons. The van der Waals surface area contributed by atoms with Gasteiger partial charge in [0.25, 0.3) is 0 Å². The van der Waals surface area contributed by atoms with Crippen molar-refractivity contribution in [1.82, 2.24) is 9.62 Å². The molecule has 0 unspecified atom stereocenters. The van der Waals surface area contributed by atoms with Crippen molar-refractivity contribution in [1.29, 1.82) is 0 Å². The molecule has 30 heavy (non-hydrogen) atoms. The highest BCUT2D eigenvalue weighted by atomic mass is 32.2. The van der Waals surface area contributed by atoms with Gasteiger partial charge >= 0.3 is 0 Å². The van der Waals surface area contributed by atoms with Gasteiger partial charge in [0.15, 0.2) is 0 Å². The normalized spacial score (nSPS) is 15.2. The second kappa shape index (κ2) is 10.7. The van der Waals surface area contributed by atoms with Gasteiger partial charge in [-0.25, -0.2) is 13.1 Å². The van der Waals surface area contributed by atoms with E-state index in [2.05, 4.69) is 26.7 Å². The van der Waals surface area contributed by atoms with Gasteiger partial charge in [0.2, 0.25) is 10.0 Å². The van der Waals surface area contributed by atoms with Crippen LogP contribution in [0.3, 0.4) is 0 Å². The first-order chi connectivity index (χ1) is 14.5. The third-order valence-electron chi connectivity index (χ3n) is 5.20. The molecule has 2 aromatic rings. The van der Waals surface area contributed by atoms with Crippen LogP contribution in [0.15, 0.2) is 53.4 Å². The predicted molar refractivity (Wildman–Crippen MR) is 119 cm³/mol. The van der Waals surface area contributed by atoms with Crippen LogP contribution in [0.25, 0.3) is 0 Å². The van der Waals surface area contributed by atoms with Crippen LogP contribution in [0.2, 0.25) is 0 Å². The summed E-state index contributed by atoms with van der Waals surface area (Å²) in [5.41, 5.74) is 1.21. The lowest BCUT2D eigenvalue weighted by molar-refractivity contribution is 0.255. The van der Waals surface area contributed by atoms with Crippen molar-refractivity contribution in [2.24, 2.45) is 0 Å². The van der Waals surface area contributed by atoms with Crippen molar-refractivity contribution in [3.05, 3.63) is 48.5 Å². The summed E-state index contributed by atoms with van der Waals surface area (Å²) in [5.74, 6) is 1.54. The molecule has 0 radical (unpaired) electrons. The van der Waals surface area contributed by atoms with Gasteiger partial charge in [-0.05, 0) is 68.4 Å². The Morgan fingerprint density at radius 3 is 2.17 bits per heavy atom. The Hall–Kier alpha value is -2.29. The maximum Gasteiger partial charge on any atom is 0.240 e. The predicted octanol–water partition coefficient (Wildman–Crippen LogP) is 2.58. The van der Waals surface area contributed by atoms with E-state index in [4.69, 9.17) is 9.47 Å². The SMILES string of the molecule is CCOc1ccc(S(=O)(=O)NCCCN2CCN(c3ccc(OC)cc3)CC2)cc1. The highest BCUT2D eigenvalue weighted by Crippen LogP contribution is 2.20. The molecule has 1 saturated heterocycles. The van der Waals surface area contributed by atoms with E-state index >= 15 is 0 Å². The topological polar surface area (TPSA) is 71.1 Å². The summed E-state index contributed by atoms with van der Waals surface area (Å²) in [6.45, 7) is 7.62. The second-order valence-electron chi connectivity index (χ2n) is 7.18. The fourth-order valence-electron chi connectivity index (χ4n) is 3.50. The zero-order chi connectivity index (χ0) is 21.4. The number of hydrogen-bond acceptors (Lipinski definition) is 6. The molecule has 0 saturated carbocycles. The van der Waals surface area contributed by atoms with Crippen LogP contribution >= 0.6 is 0 Å². The Bertz CT molecular complexity index is 878. The molecule has 1 fully saturated rings. The first kappa shape index (κ1) is 22.4. The van der Waals surface area contributed by atoms with E-state index in [1.807, 2.05) is 19.1 Å². The minimum Gasteiger partial charge on any atom is -0.497 e. The van der Waals surface area contributed by atoms with Crippen LogP contribution in [0.4, 0.5) is 5.69 Å². The van der Waals surface area contributed by atoms with Crippen LogP contribution in [0, 0.1) is 0 Å². The first-order valence-corrected chi connectivity index (χ1v) is 11.8. The first-order valence-electron chi connectivity index (χ1n) is 10.4. The number of nitrogens with one attached hydrogen (secondary N) is 1. The summed E-state index contributed by atoms with van der Waals surface area (Å²) >= 11 is 0. The van der Waals surface area contributed by atoms with E-state index in [0.29, 0.717) is 18.9 Å². The molecule has 0 spiro atoms. The molecule has 1 heterocycles. The lowest BCUT2D eigenvalue weighted by atomic mass is 10.2. The minimum absolute atomic E-state index is 0.263. The maximum atomic E-state index is 12.4. The summed E-state index contributed by atoms with van der Waals surface area (Å²) in [6, 6.07) is 14.7. The molecular formula is C22H31N3O4S. The van der Waals surface area contributed by atoms with E-state index in [-0.39, 0.29) is 4.90 Å². The van der Waals surface area contributed by atoms with E-state index < -0.39 is 10.0 Å². The van der Waals surface area contributed by atoms with Gasteiger partial charge in [0.1, 0.15) is 11.5 Å². The van der Waals surface area contributed by atoms with Gasteiger partial charge in [-0.15, -0.1) is 0 Å². The van der Waals surface area contributed by atoms with Crippen molar-refractivity contribution in [3.8, 4) is 11.5 Å². The summed E-state index contributed by atoms with van der Waals surface area (Å²) < 4.78 is 38.1. The number of benzene rings is 2. The Morgan fingerprint density at radius 2 is 1.57 bits per heavy atom. The molecule has 1 aliphatic heterocycles. The summed E-state index contributed by atoms with van der Waals surface area (Å²) in [7, 11) is -1.82. The highest BCUT2D eigenvalue weighted by molar-refractivity contribution is 7.89. The van der Waals surface area contributed by atoms with Gasteiger partial charge in [0.05, 0.1) is 18.6 Å². The molecule has 3 rings (SSSR count). The fourth-order valence-corrected chi connectivity index (χ4v) is 4.57. The molecule has 0 aromatic heterocycles. The van der Waals surface area contributed by atoms with Gasteiger partial charge in [-0.1, -0.05) is 0 Å². The number of piperazine rings is 1. The van der Waals surface area contributed by atoms with Crippen molar-refractivity contribution in [2.75, 3.05) is 57.9 Å². The van der Waals surface area contributed by atoms with Crippen molar-refractivity contribution < 1.29 is 17.9 Å². The van der Waals surface area contributed by atoms with Crippen LogP contribution in [-0.2, 0) is 10.0 Å². The van der Waals surface area contributed by atoms with Gasteiger partial charge < -0.3 is 14.4 Å². The van der Waals surface area contributed by atoms with E-state index in [9.17, 15) is 8.42 Å². The zero-order valence-electron chi connectivity index (χ0n) is 17.7. The third kappa shape index (κ3) is 6.10. The lowest BCUT2D eigenvalue weighted by Gasteiger charge is -2.36. The second-order valence-corrected chi connectivity index (χ2v) is 8.95. The van der Waals surface area contributed by atoms with Crippen LogP contribution in [-0.4, -0.2) is 66.3 Å². The summed E-state index contributed by atoms with van der Waals surface area (Å²) in [4.78, 5) is 5.01. The lowest BCUT2D eigenvalue weighted by Crippen LogP contribution is -2.47. The highest BCUT2D eigenvalue weighted by Gasteiger charge is 2.18. The number of sulfonamides is 1. The average molecular weight is 434 g/mol. The fraction of sp³-hybridized carbons (Fsp3) is 0.455. The number of nitrogens with zero attached hydrogens (tertiary/aromatic N) is 2. The number of anilines is 1. The molecule has 0 atom stereocenters. The van der Waals surface area contributed by atoms with Gasteiger partial charge in [-0.2, -0.15) is 0 Å². The number of methoxy groups -OCH3 is 1. The third-order valence-corrected chi connectivity index (χ3v) is 6.68. The average Bonchev–Trinajstić information content (AvgIpc) is 2.78. The molecule has 0 aliphatic carbocycles. The van der Waals surface area contributed by atoms with Crippen LogP contribution in [0.5, 0.6) is 11.5 Å². The molecule has 0 bridgehead atoms.